The fourth-order valence-corrected chi connectivity index (χ4v) is 1.56. The van der Waals surface area contributed by atoms with E-state index in [-0.39, 0.29) is 0 Å². The maximum atomic E-state index is 5.98. The van der Waals surface area contributed by atoms with Crippen LogP contribution in [0.15, 0.2) is 12.1 Å². The van der Waals surface area contributed by atoms with Crippen LogP contribution >= 0.6 is 23.2 Å². The Balaban J connectivity index is 3.17. The van der Waals surface area contributed by atoms with Crippen LogP contribution in [0.4, 0.5) is 0 Å². The topological polar surface area (TPSA) is 44.5 Å². The molecule has 3 nitrogen and oxygen atoms in total. The van der Waals surface area contributed by atoms with E-state index in [1.54, 1.807) is 12.1 Å². The van der Waals surface area contributed by atoms with Crippen molar-refractivity contribution in [3.63, 3.8) is 0 Å². The van der Waals surface area contributed by atoms with Crippen LogP contribution in [0.5, 0.6) is 5.75 Å². The summed E-state index contributed by atoms with van der Waals surface area (Å²) >= 11 is 11.9. The summed E-state index contributed by atoms with van der Waals surface area (Å²) in [6.07, 6.45) is -0.578. The maximum absolute atomic E-state index is 5.98. The molecule has 1 unspecified atom stereocenters. The van der Waals surface area contributed by atoms with Crippen LogP contribution in [0.2, 0.25) is 10.0 Å². The normalized spacial score (nSPS) is 12.6. The van der Waals surface area contributed by atoms with Gasteiger partial charge in [0, 0.05) is 12.7 Å². The van der Waals surface area contributed by atoms with Crippen molar-refractivity contribution in [3.8, 4) is 5.75 Å². The van der Waals surface area contributed by atoms with Crippen LogP contribution in [0.3, 0.4) is 0 Å². The molecule has 0 radical (unpaired) electrons. The largest absolute Gasteiger partial charge is 0.495 e. The van der Waals surface area contributed by atoms with Crippen LogP contribution in [0.1, 0.15) is 11.8 Å². The quantitative estimate of drug-likeness (QED) is 0.820. The van der Waals surface area contributed by atoms with Crippen molar-refractivity contribution in [2.45, 2.75) is 6.23 Å². The number of methoxy groups -OCH3 is 2. The number of rotatable bonds is 3. The first kappa shape index (κ1) is 11.6. The van der Waals surface area contributed by atoms with Gasteiger partial charge >= 0.3 is 0 Å². The summed E-state index contributed by atoms with van der Waals surface area (Å²) in [6, 6.07) is 3.42. The second kappa shape index (κ2) is 4.84. The van der Waals surface area contributed by atoms with Gasteiger partial charge < -0.3 is 15.2 Å². The van der Waals surface area contributed by atoms with Gasteiger partial charge in [-0.05, 0) is 12.1 Å². The van der Waals surface area contributed by atoms with Gasteiger partial charge in [0.25, 0.3) is 0 Å². The van der Waals surface area contributed by atoms with E-state index in [0.717, 1.165) is 0 Å². The Bertz CT molecular complexity index is 331. The Kier molecular flexibility index (Phi) is 4.01. The second-order valence-corrected chi connectivity index (χ2v) is 3.40. The second-order valence-electron chi connectivity index (χ2n) is 2.64. The van der Waals surface area contributed by atoms with Crippen molar-refractivity contribution in [1.29, 1.82) is 0 Å². The van der Waals surface area contributed by atoms with Crippen molar-refractivity contribution in [1.82, 2.24) is 0 Å². The molecule has 0 saturated heterocycles. The molecule has 78 valence electrons. The fraction of sp³-hybridized carbons (Fsp3) is 0.333. The van der Waals surface area contributed by atoms with Gasteiger partial charge in [0.15, 0.2) is 0 Å². The SMILES string of the molecule is COc1ccc(C(N)OC)c(Cl)c1Cl. The predicted octanol–water partition coefficient (Wildman–Crippen LogP) is 2.61. The van der Waals surface area contributed by atoms with Gasteiger partial charge in [-0.15, -0.1) is 0 Å². The first-order valence-corrected chi connectivity index (χ1v) is 4.67. The Hall–Kier alpha value is -0.480. The van der Waals surface area contributed by atoms with Gasteiger partial charge in [0.05, 0.1) is 12.1 Å². The monoisotopic (exact) mass is 235 g/mol. The molecule has 0 aromatic heterocycles. The molecule has 5 heteroatoms. The van der Waals surface area contributed by atoms with E-state index >= 15 is 0 Å². The standard InChI is InChI=1S/C9H11Cl2NO2/c1-13-6-4-3-5(9(12)14-2)7(10)8(6)11/h3-4,9H,12H2,1-2H3. The van der Waals surface area contributed by atoms with E-state index < -0.39 is 6.23 Å². The highest BCUT2D eigenvalue weighted by Gasteiger charge is 2.14. The first-order valence-electron chi connectivity index (χ1n) is 3.92. The van der Waals surface area contributed by atoms with Crippen LogP contribution in [0, 0.1) is 0 Å². The molecule has 0 amide bonds. The zero-order valence-corrected chi connectivity index (χ0v) is 9.39. The summed E-state index contributed by atoms with van der Waals surface area (Å²) in [5, 5.41) is 0.708. The van der Waals surface area contributed by atoms with Crippen molar-refractivity contribution in [3.05, 3.63) is 27.7 Å². The summed E-state index contributed by atoms with van der Waals surface area (Å²) in [5.41, 5.74) is 6.29. The lowest BCUT2D eigenvalue weighted by Crippen LogP contribution is -2.12. The van der Waals surface area contributed by atoms with E-state index in [9.17, 15) is 0 Å². The molecule has 0 aliphatic heterocycles. The number of benzene rings is 1. The van der Waals surface area contributed by atoms with Crippen LogP contribution in [0.25, 0.3) is 0 Å². The molecule has 14 heavy (non-hydrogen) atoms. The molecule has 2 N–H and O–H groups in total. The third-order valence-electron chi connectivity index (χ3n) is 1.86. The lowest BCUT2D eigenvalue weighted by atomic mass is 10.2. The number of ether oxygens (including phenoxy) is 2. The highest BCUT2D eigenvalue weighted by atomic mass is 35.5. The first-order chi connectivity index (χ1) is 6.61. The van der Waals surface area contributed by atoms with Crippen molar-refractivity contribution < 1.29 is 9.47 Å². The fourth-order valence-electron chi connectivity index (χ4n) is 1.05. The zero-order chi connectivity index (χ0) is 10.7. The van der Waals surface area contributed by atoms with E-state index in [1.165, 1.54) is 14.2 Å². The lowest BCUT2D eigenvalue weighted by Gasteiger charge is -2.14. The number of halogens is 2. The smallest absolute Gasteiger partial charge is 0.139 e. The van der Waals surface area contributed by atoms with Gasteiger partial charge in [-0.3, -0.25) is 0 Å². The number of nitrogens with two attached hydrogens (primary N) is 1. The molecular weight excluding hydrogens is 225 g/mol. The molecule has 0 saturated carbocycles. The van der Waals surface area contributed by atoms with Crippen molar-refractivity contribution >= 4 is 23.2 Å². The Morgan fingerprint density at radius 2 is 1.86 bits per heavy atom. The average molecular weight is 236 g/mol. The van der Waals surface area contributed by atoms with E-state index in [0.29, 0.717) is 21.4 Å². The highest BCUT2D eigenvalue weighted by Crippen LogP contribution is 2.36. The predicted molar refractivity (Wildman–Crippen MR) is 57.0 cm³/mol. The molecule has 0 fully saturated rings. The summed E-state index contributed by atoms with van der Waals surface area (Å²) < 4.78 is 9.94. The summed E-state index contributed by atoms with van der Waals surface area (Å²) in [7, 11) is 3.02. The van der Waals surface area contributed by atoms with E-state index in [4.69, 9.17) is 38.4 Å². The van der Waals surface area contributed by atoms with E-state index in [2.05, 4.69) is 0 Å². The van der Waals surface area contributed by atoms with Gasteiger partial charge in [0.1, 0.15) is 17.0 Å². The minimum atomic E-state index is -0.578. The number of hydrogen-bond acceptors (Lipinski definition) is 3. The Morgan fingerprint density at radius 3 is 2.36 bits per heavy atom. The van der Waals surface area contributed by atoms with E-state index in [1.807, 2.05) is 0 Å². The van der Waals surface area contributed by atoms with Gasteiger partial charge in [0.2, 0.25) is 0 Å². The van der Waals surface area contributed by atoms with Gasteiger partial charge in [-0.1, -0.05) is 23.2 Å². The average Bonchev–Trinajstić information content (AvgIpc) is 2.21. The van der Waals surface area contributed by atoms with Crippen LogP contribution in [-0.4, -0.2) is 14.2 Å². The van der Waals surface area contributed by atoms with Crippen LogP contribution in [-0.2, 0) is 4.74 Å². The minimum Gasteiger partial charge on any atom is -0.495 e. The lowest BCUT2D eigenvalue weighted by molar-refractivity contribution is 0.109. The summed E-state index contributed by atoms with van der Waals surface area (Å²) in [6.45, 7) is 0. The summed E-state index contributed by atoms with van der Waals surface area (Å²) in [5.74, 6) is 0.517. The van der Waals surface area contributed by atoms with Crippen molar-refractivity contribution in [2.75, 3.05) is 14.2 Å². The zero-order valence-electron chi connectivity index (χ0n) is 7.88. The van der Waals surface area contributed by atoms with Crippen molar-refractivity contribution in [2.24, 2.45) is 5.73 Å². The third kappa shape index (κ3) is 2.12. The molecule has 1 aromatic rings. The Labute approximate surface area is 92.7 Å². The molecule has 0 heterocycles. The molecule has 0 aliphatic rings. The molecular formula is C9H11Cl2NO2. The number of hydrogen-bond donors (Lipinski definition) is 1. The third-order valence-corrected chi connectivity index (χ3v) is 2.74. The molecule has 1 rings (SSSR count). The molecule has 0 bridgehead atoms. The molecule has 0 aliphatic carbocycles. The van der Waals surface area contributed by atoms with Gasteiger partial charge in [-0.2, -0.15) is 0 Å². The van der Waals surface area contributed by atoms with Gasteiger partial charge in [-0.25, -0.2) is 0 Å². The minimum absolute atomic E-state index is 0.346. The van der Waals surface area contributed by atoms with Crippen LogP contribution < -0.4 is 10.5 Å². The summed E-state index contributed by atoms with van der Waals surface area (Å²) in [4.78, 5) is 0. The maximum Gasteiger partial charge on any atom is 0.139 e. The molecule has 1 atom stereocenters. The molecule has 1 aromatic carbocycles. The Morgan fingerprint density at radius 1 is 1.21 bits per heavy atom. The molecule has 0 spiro atoms. The highest BCUT2D eigenvalue weighted by molar-refractivity contribution is 6.43.